The van der Waals surface area contributed by atoms with E-state index in [2.05, 4.69) is 19.9 Å². The first-order valence-corrected chi connectivity index (χ1v) is 10.4. The van der Waals surface area contributed by atoms with Crippen LogP contribution in [0.25, 0.3) is 22.1 Å². The predicted molar refractivity (Wildman–Crippen MR) is 130 cm³/mol. The average Bonchev–Trinajstić information content (AvgIpc) is 2.83. The van der Waals surface area contributed by atoms with Crippen molar-refractivity contribution in [1.29, 1.82) is 0 Å². The van der Waals surface area contributed by atoms with Crippen molar-refractivity contribution in [2.45, 2.75) is 20.5 Å². The zero-order valence-electron chi connectivity index (χ0n) is 18.9. The normalized spacial score (nSPS) is 10.7. The number of benzene rings is 1. The largest absolute Gasteiger partial charge is 0.423 e. The standard InChI is InChI=1S/C15H14N4O2.C8H8N4O2/c1-10-14-12(16)7-13(20)19(15(14)18-9-17-10)21-8-11-5-3-2-4-6-11;1-4-7-5(9)2-6(13)12(14)8(7)11-3-10-4/h2-7,9H,8,16H2,1H3;2-3,14H,9H2,1H3. The first-order chi connectivity index (χ1) is 16.8. The molecule has 12 nitrogen and oxygen atoms in total. The molecule has 0 bridgehead atoms. The maximum absolute atomic E-state index is 12.1. The molecule has 0 saturated heterocycles. The highest BCUT2D eigenvalue weighted by Gasteiger charge is 2.12. The Morgan fingerprint density at radius 3 is 2.00 bits per heavy atom. The van der Waals surface area contributed by atoms with E-state index in [1.54, 1.807) is 6.92 Å². The summed E-state index contributed by atoms with van der Waals surface area (Å²) in [5.74, 6) is 0. The fourth-order valence-electron chi connectivity index (χ4n) is 3.49. The van der Waals surface area contributed by atoms with Crippen LogP contribution >= 0.6 is 0 Å². The Hall–Kier alpha value is -5.00. The van der Waals surface area contributed by atoms with Gasteiger partial charge in [0.25, 0.3) is 11.1 Å². The Balaban J connectivity index is 0.000000179. The van der Waals surface area contributed by atoms with Gasteiger partial charge in [0, 0.05) is 12.1 Å². The molecule has 5 aromatic rings. The molecule has 5 N–H and O–H groups in total. The second kappa shape index (κ2) is 9.47. The molecule has 0 aliphatic carbocycles. The maximum atomic E-state index is 12.1. The summed E-state index contributed by atoms with van der Waals surface area (Å²) < 4.78 is 1.62. The smallest absolute Gasteiger partial charge is 0.287 e. The zero-order valence-corrected chi connectivity index (χ0v) is 18.9. The fraction of sp³-hybridized carbons (Fsp3) is 0.130. The average molecular weight is 474 g/mol. The van der Waals surface area contributed by atoms with Gasteiger partial charge in [-0.15, -0.1) is 9.46 Å². The van der Waals surface area contributed by atoms with Gasteiger partial charge in [-0.3, -0.25) is 9.59 Å². The van der Waals surface area contributed by atoms with Gasteiger partial charge in [0.2, 0.25) is 0 Å². The monoisotopic (exact) mass is 474 g/mol. The number of pyridine rings is 2. The van der Waals surface area contributed by atoms with E-state index in [1.807, 2.05) is 37.3 Å². The van der Waals surface area contributed by atoms with Crippen LogP contribution in [-0.4, -0.2) is 34.6 Å². The van der Waals surface area contributed by atoms with Crippen molar-refractivity contribution in [2.75, 3.05) is 11.5 Å². The predicted octanol–water partition coefficient (Wildman–Crippen LogP) is 1.23. The lowest BCUT2D eigenvalue weighted by Gasteiger charge is -2.12. The molecule has 1 aromatic carbocycles. The third-order valence-electron chi connectivity index (χ3n) is 5.17. The Morgan fingerprint density at radius 1 is 0.829 bits per heavy atom. The lowest BCUT2D eigenvalue weighted by Crippen LogP contribution is -2.28. The van der Waals surface area contributed by atoms with Gasteiger partial charge in [-0.2, -0.15) is 0 Å². The van der Waals surface area contributed by atoms with Crippen LogP contribution in [0.3, 0.4) is 0 Å². The van der Waals surface area contributed by atoms with E-state index in [4.69, 9.17) is 16.3 Å². The number of rotatable bonds is 3. The maximum Gasteiger partial charge on any atom is 0.287 e. The summed E-state index contributed by atoms with van der Waals surface area (Å²) in [5, 5.41) is 10.5. The Morgan fingerprint density at radius 2 is 1.37 bits per heavy atom. The van der Waals surface area contributed by atoms with Crippen LogP contribution in [0.4, 0.5) is 11.4 Å². The topological polar surface area (TPSA) is 177 Å². The highest BCUT2D eigenvalue weighted by Crippen LogP contribution is 2.19. The molecule has 178 valence electrons. The summed E-state index contributed by atoms with van der Waals surface area (Å²) in [6.07, 6.45) is 2.65. The minimum atomic E-state index is -0.604. The van der Waals surface area contributed by atoms with Crippen molar-refractivity contribution in [3.8, 4) is 0 Å². The number of aryl methyl sites for hydroxylation is 2. The molecule has 0 aliphatic rings. The number of anilines is 2. The van der Waals surface area contributed by atoms with Crippen LogP contribution < -0.4 is 27.4 Å². The number of nitrogens with two attached hydrogens (primary N) is 2. The summed E-state index contributed by atoms with van der Waals surface area (Å²) in [6, 6.07) is 12.0. The number of hydrogen-bond donors (Lipinski definition) is 3. The van der Waals surface area contributed by atoms with Gasteiger partial charge in [-0.25, -0.2) is 19.9 Å². The van der Waals surface area contributed by atoms with Gasteiger partial charge in [-0.1, -0.05) is 30.3 Å². The van der Waals surface area contributed by atoms with Gasteiger partial charge < -0.3 is 21.5 Å². The molecule has 5 rings (SSSR count). The van der Waals surface area contributed by atoms with Crippen molar-refractivity contribution in [1.82, 2.24) is 29.4 Å². The van der Waals surface area contributed by atoms with E-state index >= 15 is 0 Å². The minimum Gasteiger partial charge on any atom is -0.423 e. The molecule has 0 radical (unpaired) electrons. The molecular weight excluding hydrogens is 452 g/mol. The van der Waals surface area contributed by atoms with E-state index in [1.165, 1.54) is 18.7 Å². The molecule has 0 fully saturated rings. The minimum absolute atomic E-state index is 0.127. The Bertz CT molecular complexity index is 1650. The molecular formula is C23H22N8O4. The first-order valence-electron chi connectivity index (χ1n) is 10.4. The van der Waals surface area contributed by atoms with Crippen LogP contribution in [0.2, 0.25) is 0 Å². The number of nitrogens with zero attached hydrogens (tertiary/aromatic N) is 6. The van der Waals surface area contributed by atoms with Crippen molar-refractivity contribution < 1.29 is 10.0 Å². The van der Waals surface area contributed by atoms with Gasteiger partial charge in [0.05, 0.1) is 33.5 Å². The molecule has 0 aliphatic heterocycles. The van der Waals surface area contributed by atoms with Crippen LogP contribution in [-0.2, 0) is 6.61 Å². The lowest BCUT2D eigenvalue weighted by molar-refractivity contribution is 0.0980. The van der Waals surface area contributed by atoms with Crippen LogP contribution in [0, 0.1) is 13.8 Å². The number of hydrogen-bond acceptors (Lipinski definition) is 10. The van der Waals surface area contributed by atoms with Gasteiger partial charge in [0.15, 0.2) is 11.3 Å². The quantitative estimate of drug-likeness (QED) is 0.322. The fourth-order valence-corrected chi connectivity index (χ4v) is 3.49. The van der Waals surface area contributed by atoms with Crippen LogP contribution in [0.15, 0.2) is 64.7 Å². The van der Waals surface area contributed by atoms with Gasteiger partial charge in [-0.05, 0) is 19.4 Å². The molecule has 35 heavy (non-hydrogen) atoms. The molecule has 0 spiro atoms. The first kappa shape index (κ1) is 23.2. The second-order valence-corrected chi connectivity index (χ2v) is 7.56. The molecule has 0 saturated carbocycles. The third kappa shape index (κ3) is 4.57. The van der Waals surface area contributed by atoms with Crippen LogP contribution in [0.1, 0.15) is 17.0 Å². The second-order valence-electron chi connectivity index (χ2n) is 7.56. The van der Waals surface area contributed by atoms with Crippen molar-refractivity contribution in [2.24, 2.45) is 0 Å². The van der Waals surface area contributed by atoms with Crippen molar-refractivity contribution in [3.63, 3.8) is 0 Å². The van der Waals surface area contributed by atoms with E-state index in [0.717, 1.165) is 16.4 Å². The SMILES string of the molecule is Cc1ncnc2c1c(N)cc(=O)n2O.Cc1ncnc2c1c(N)cc(=O)n2OCc1ccccc1. The number of nitrogen functional groups attached to an aromatic ring is 2. The summed E-state index contributed by atoms with van der Waals surface area (Å²) >= 11 is 0. The van der Waals surface area contributed by atoms with E-state index < -0.39 is 5.56 Å². The number of fused-ring (bicyclic) bond motifs is 2. The summed E-state index contributed by atoms with van der Waals surface area (Å²) in [4.78, 5) is 44.8. The Kier molecular flexibility index (Phi) is 6.27. The summed E-state index contributed by atoms with van der Waals surface area (Å²) in [5.41, 5.74) is 14.0. The van der Waals surface area contributed by atoms with Crippen molar-refractivity contribution >= 4 is 33.4 Å². The van der Waals surface area contributed by atoms with E-state index in [-0.39, 0.29) is 23.5 Å². The molecule has 4 heterocycles. The van der Waals surface area contributed by atoms with E-state index in [9.17, 15) is 14.8 Å². The zero-order chi connectivity index (χ0) is 25.1. The molecule has 0 atom stereocenters. The van der Waals surface area contributed by atoms with Crippen LogP contribution in [0.5, 0.6) is 0 Å². The molecule has 4 aromatic heterocycles. The summed E-state index contributed by atoms with van der Waals surface area (Å²) in [7, 11) is 0. The molecule has 0 unspecified atom stereocenters. The highest BCUT2D eigenvalue weighted by molar-refractivity contribution is 5.89. The van der Waals surface area contributed by atoms with E-state index in [0.29, 0.717) is 38.2 Å². The summed E-state index contributed by atoms with van der Waals surface area (Å²) in [6.45, 7) is 3.81. The third-order valence-corrected chi connectivity index (χ3v) is 5.17. The lowest BCUT2D eigenvalue weighted by atomic mass is 10.2. The van der Waals surface area contributed by atoms with Gasteiger partial charge >= 0.3 is 0 Å². The van der Waals surface area contributed by atoms with Gasteiger partial charge in [0.1, 0.15) is 19.3 Å². The molecule has 0 amide bonds. The highest BCUT2D eigenvalue weighted by atomic mass is 16.7. The Labute approximate surface area is 198 Å². The molecule has 12 heteroatoms. The van der Waals surface area contributed by atoms with Crippen molar-refractivity contribution in [3.05, 3.63) is 92.8 Å². The number of aromatic nitrogens is 6.